The number of benzene rings is 2. The molecular formula is C15H15Cl4N3. The number of rotatable bonds is 3. The van der Waals surface area contributed by atoms with Gasteiger partial charge in [-0.1, -0.05) is 53.9 Å². The Morgan fingerprint density at radius 1 is 1.00 bits per heavy atom. The monoisotopic (exact) mass is 377 g/mol. The van der Waals surface area contributed by atoms with Gasteiger partial charge in [0.1, 0.15) is 0 Å². The van der Waals surface area contributed by atoms with E-state index in [1.165, 1.54) is 5.56 Å². The lowest BCUT2D eigenvalue weighted by molar-refractivity contribution is 1.14. The van der Waals surface area contributed by atoms with Gasteiger partial charge in [-0.15, -0.1) is 12.4 Å². The Morgan fingerprint density at radius 2 is 1.68 bits per heavy atom. The number of guanidine groups is 1. The second kappa shape index (κ2) is 8.49. The van der Waals surface area contributed by atoms with E-state index in [0.29, 0.717) is 20.8 Å². The first-order chi connectivity index (χ1) is 9.99. The minimum atomic E-state index is 0. The summed E-state index contributed by atoms with van der Waals surface area (Å²) in [7, 11) is 0. The standard InChI is InChI=1S/C15H14Cl3N3.ClH/c1-2-9-4-3-5-10(6-9)20-15(19)21-14-8-12(17)11(16)7-13(14)18;/h3-8H,2H2,1H3,(H3,19,20,21);1H. The van der Waals surface area contributed by atoms with Crippen LogP contribution < -0.4 is 10.6 Å². The first-order valence-corrected chi connectivity index (χ1v) is 7.49. The SMILES string of the molecule is CCc1cccc(NC(=N)Nc2cc(Cl)c(Cl)cc2Cl)c1.Cl. The number of hydrogen-bond donors (Lipinski definition) is 3. The highest BCUT2D eigenvalue weighted by Gasteiger charge is 2.08. The van der Waals surface area contributed by atoms with Crippen molar-refractivity contribution in [2.24, 2.45) is 0 Å². The predicted molar refractivity (Wildman–Crippen MR) is 99.5 cm³/mol. The Morgan fingerprint density at radius 3 is 2.36 bits per heavy atom. The summed E-state index contributed by atoms with van der Waals surface area (Å²) in [4.78, 5) is 0. The number of halogens is 4. The van der Waals surface area contributed by atoms with Gasteiger partial charge in [0.15, 0.2) is 5.96 Å². The van der Waals surface area contributed by atoms with Gasteiger partial charge in [0, 0.05) is 5.69 Å². The van der Waals surface area contributed by atoms with Gasteiger partial charge >= 0.3 is 0 Å². The molecule has 3 nitrogen and oxygen atoms in total. The van der Waals surface area contributed by atoms with Crippen LogP contribution in [0.15, 0.2) is 36.4 Å². The molecule has 0 bridgehead atoms. The summed E-state index contributed by atoms with van der Waals surface area (Å²) >= 11 is 17.9. The molecule has 118 valence electrons. The molecule has 0 unspecified atom stereocenters. The lowest BCUT2D eigenvalue weighted by atomic mass is 10.1. The minimum Gasteiger partial charge on any atom is -0.326 e. The highest BCUT2D eigenvalue weighted by molar-refractivity contribution is 6.44. The van der Waals surface area contributed by atoms with Crippen LogP contribution in [-0.4, -0.2) is 5.96 Å². The van der Waals surface area contributed by atoms with Crippen LogP contribution in [0.2, 0.25) is 15.1 Å². The van der Waals surface area contributed by atoms with Gasteiger partial charge in [-0.25, -0.2) is 0 Å². The van der Waals surface area contributed by atoms with Gasteiger partial charge in [-0.2, -0.15) is 0 Å². The van der Waals surface area contributed by atoms with Gasteiger partial charge in [0.05, 0.1) is 20.8 Å². The molecule has 0 heterocycles. The lowest BCUT2D eigenvalue weighted by Gasteiger charge is -2.13. The van der Waals surface area contributed by atoms with Crippen molar-refractivity contribution in [1.82, 2.24) is 0 Å². The van der Waals surface area contributed by atoms with Crippen molar-refractivity contribution in [2.75, 3.05) is 10.6 Å². The van der Waals surface area contributed by atoms with E-state index in [9.17, 15) is 0 Å². The van der Waals surface area contributed by atoms with E-state index in [4.69, 9.17) is 40.2 Å². The number of nitrogens with one attached hydrogen (secondary N) is 3. The van der Waals surface area contributed by atoms with Crippen LogP contribution in [-0.2, 0) is 6.42 Å². The predicted octanol–water partition coefficient (Wildman–Crippen LogP) is 6.09. The molecule has 0 amide bonds. The van der Waals surface area contributed by atoms with Gasteiger partial charge in [-0.05, 0) is 36.2 Å². The van der Waals surface area contributed by atoms with Crippen LogP contribution in [0.3, 0.4) is 0 Å². The van der Waals surface area contributed by atoms with E-state index >= 15 is 0 Å². The van der Waals surface area contributed by atoms with Gasteiger partial charge in [0.2, 0.25) is 0 Å². The van der Waals surface area contributed by atoms with Gasteiger partial charge in [0.25, 0.3) is 0 Å². The Labute approximate surface area is 150 Å². The molecule has 0 aromatic heterocycles. The molecule has 7 heteroatoms. The molecule has 2 aromatic carbocycles. The molecule has 0 fully saturated rings. The fourth-order valence-electron chi connectivity index (χ4n) is 1.80. The van der Waals surface area contributed by atoms with Gasteiger partial charge in [-0.3, -0.25) is 5.41 Å². The van der Waals surface area contributed by atoms with Gasteiger partial charge < -0.3 is 10.6 Å². The van der Waals surface area contributed by atoms with Crippen molar-refractivity contribution >= 4 is 64.5 Å². The van der Waals surface area contributed by atoms with E-state index < -0.39 is 0 Å². The molecule has 0 saturated heterocycles. The summed E-state index contributed by atoms with van der Waals surface area (Å²) in [6.07, 6.45) is 0.939. The van der Waals surface area contributed by atoms with E-state index in [2.05, 4.69) is 17.6 Å². The summed E-state index contributed by atoms with van der Waals surface area (Å²) < 4.78 is 0. The zero-order chi connectivity index (χ0) is 15.4. The maximum atomic E-state index is 7.96. The largest absolute Gasteiger partial charge is 0.326 e. The summed E-state index contributed by atoms with van der Waals surface area (Å²) in [5, 5.41) is 14.9. The summed E-state index contributed by atoms with van der Waals surface area (Å²) in [6, 6.07) is 11.0. The van der Waals surface area contributed by atoms with E-state index in [-0.39, 0.29) is 18.4 Å². The molecule has 3 N–H and O–H groups in total. The molecule has 0 saturated carbocycles. The Kier molecular flexibility index (Phi) is 7.30. The summed E-state index contributed by atoms with van der Waals surface area (Å²) in [6.45, 7) is 2.08. The molecule has 2 rings (SSSR count). The molecule has 0 aliphatic heterocycles. The number of hydrogen-bond acceptors (Lipinski definition) is 1. The van der Waals surface area contributed by atoms with Crippen LogP contribution >= 0.6 is 47.2 Å². The van der Waals surface area contributed by atoms with E-state index in [0.717, 1.165) is 12.1 Å². The van der Waals surface area contributed by atoms with Crippen molar-refractivity contribution in [2.45, 2.75) is 13.3 Å². The Bertz CT molecular complexity index is 674. The fraction of sp³-hybridized carbons (Fsp3) is 0.133. The quantitative estimate of drug-likeness (QED) is 0.343. The topological polar surface area (TPSA) is 47.9 Å². The molecule has 22 heavy (non-hydrogen) atoms. The van der Waals surface area contributed by atoms with Crippen LogP contribution in [0.25, 0.3) is 0 Å². The van der Waals surface area contributed by atoms with Crippen LogP contribution in [0.4, 0.5) is 11.4 Å². The average Bonchev–Trinajstić information content (AvgIpc) is 2.45. The fourth-order valence-corrected chi connectivity index (χ4v) is 2.39. The number of anilines is 2. The van der Waals surface area contributed by atoms with Crippen molar-refractivity contribution in [1.29, 1.82) is 5.41 Å². The third-order valence-corrected chi connectivity index (χ3v) is 3.91. The van der Waals surface area contributed by atoms with Crippen molar-refractivity contribution in [3.63, 3.8) is 0 Å². The maximum absolute atomic E-state index is 7.96. The smallest absolute Gasteiger partial charge is 0.197 e. The highest BCUT2D eigenvalue weighted by Crippen LogP contribution is 2.32. The van der Waals surface area contributed by atoms with Crippen LogP contribution in [0, 0.1) is 5.41 Å². The second-order valence-corrected chi connectivity index (χ2v) is 5.65. The molecular weight excluding hydrogens is 364 g/mol. The molecule has 0 radical (unpaired) electrons. The highest BCUT2D eigenvalue weighted by atomic mass is 35.5. The normalized spacial score (nSPS) is 9.82. The minimum absolute atomic E-state index is 0. The van der Waals surface area contributed by atoms with E-state index in [1.54, 1.807) is 12.1 Å². The third-order valence-electron chi connectivity index (χ3n) is 2.87. The molecule has 0 aliphatic carbocycles. The number of aryl methyl sites for hydroxylation is 1. The van der Waals surface area contributed by atoms with E-state index in [1.807, 2.05) is 24.3 Å². The third kappa shape index (κ3) is 4.96. The first kappa shape index (κ1) is 18.9. The molecule has 0 spiro atoms. The second-order valence-electron chi connectivity index (χ2n) is 4.43. The van der Waals surface area contributed by atoms with Crippen molar-refractivity contribution in [3.05, 3.63) is 57.0 Å². The maximum Gasteiger partial charge on any atom is 0.197 e. The van der Waals surface area contributed by atoms with Crippen LogP contribution in [0.1, 0.15) is 12.5 Å². The summed E-state index contributed by atoms with van der Waals surface area (Å²) in [5.41, 5.74) is 2.55. The Balaban J connectivity index is 0.00000242. The lowest BCUT2D eigenvalue weighted by Crippen LogP contribution is -2.20. The van der Waals surface area contributed by atoms with Crippen LogP contribution in [0.5, 0.6) is 0 Å². The Hall–Kier alpha value is -1.13. The van der Waals surface area contributed by atoms with Crippen molar-refractivity contribution < 1.29 is 0 Å². The first-order valence-electron chi connectivity index (χ1n) is 6.35. The molecule has 0 atom stereocenters. The molecule has 0 aliphatic rings. The van der Waals surface area contributed by atoms with Crippen molar-refractivity contribution in [3.8, 4) is 0 Å². The molecule has 2 aromatic rings. The zero-order valence-corrected chi connectivity index (χ0v) is 14.8. The zero-order valence-electron chi connectivity index (χ0n) is 11.7. The summed E-state index contributed by atoms with van der Waals surface area (Å²) in [5.74, 6) is 0.101. The average molecular weight is 379 g/mol.